The Labute approximate surface area is 443 Å². The molecule has 0 fully saturated rings. The molecule has 0 bridgehead atoms. The van der Waals surface area contributed by atoms with Gasteiger partial charge in [0.25, 0.3) is 0 Å². The van der Waals surface area contributed by atoms with Crippen LogP contribution in [-0.4, -0.2) is 183 Å². The van der Waals surface area contributed by atoms with Crippen LogP contribution in [0.3, 0.4) is 0 Å². The maximum Gasteiger partial charge on any atom is 0.326 e. The molecule has 0 aromatic rings. The molecule has 9 atom stereocenters. The number of amides is 8. The number of carboxylic acids is 4. The Morgan fingerprint density at radius 3 is 1.40 bits per heavy atom. The zero-order valence-corrected chi connectivity index (χ0v) is 44.9. The van der Waals surface area contributed by atoms with E-state index in [0.29, 0.717) is 11.5 Å². The third-order valence-electron chi connectivity index (χ3n) is 11.2. The molecular weight excluding hydrogens is 1030 g/mol. The summed E-state index contributed by atoms with van der Waals surface area (Å²) in [4.78, 5) is 159. The zero-order chi connectivity index (χ0) is 57.4. The van der Waals surface area contributed by atoms with E-state index in [2.05, 4.69) is 47.5 Å². The number of aliphatic imine (C=N–C) groups is 1. The molecule has 0 radical (unpaired) electrons. The predicted molar refractivity (Wildman–Crippen MR) is 278 cm³/mol. The number of nitrogens with two attached hydrogens (primary N) is 3. The molecule has 426 valence electrons. The molecule has 30 heteroatoms. The third-order valence-corrected chi connectivity index (χ3v) is 12.5. The van der Waals surface area contributed by atoms with Crippen LogP contribution in [0.1, 0.15) is 105 Å². The van der Waals surface area contributed by atoms with Gasteiger partial charge in [-0.2, -0.15) is 23.5 Å². The Hall–Kier alpha value is -6.43. The second kappa shape index (κ2) is 37.3. The highest BCUT2D eigenvalue weighted by atomic mass is 32.2. The summed E-state index contributed by atoms with van der Waals surface area (Å²) in [5.41, 5.74) is 16.5. The van der Waals surface area contributed by atoms with Crippen molar-refractivity contribution in [3.05, 3.63) is 0 Å². The van der Waals surface area contributed by atoms with Crippen molar-refractivity contribution in [1.29, 1.82) is 0 Å². The fourth-order valence-electron chi connectivity index (χ4n) is 6.80. The summed E-state index contributed by atoms with van der Waals surface area (Å²) in [5.74, 6) is -13.1. The lowest BCUT2D eigenvalue weighted by Crippen LogP contribution is -2.61. The van der Waals surface area contributed by atoms with Gasteiger partial charge in [0.1, 0.15) is 42.3 Å². The molecule has 0 aromatic heterocycles. The van der Waals surface area contributed by atoms with Crippen LogP contribution in [0.2, 0.25) is 0 Å². The average Bonchev–Trinajstić information content (AvgIpc) is 3.33. The van der Waals surface area contributed by atoms with Gasteiger partial charge in [0.05, 0.1) is 12.6 Å². The van der Waals surface area contributed by atoms with Gasteiger partial charge >= 0.3 is 23.9 Å². The second-order valence-corrected chi connectivity index (χ2v) is 19.9. The van der Waals surface area contributed by atoms with Crippen LogP contribution < -0.4 is 59.7 Å². The van der Waals surface area contributed by atoms with Crippen LogP contribution in [0.4, 0.5) is 0 Å². The van der Waals surface area contributed by atoms with Crippen molar-refractivity contribution in [2.75, 3.05) is 37.1 Å². The fourth-order valence-corrected chi connectivity index (χ4v) is 7.76. The number of nitrogens with zero attached hydrogens (tertiary/aromatic N) is 1. The van der Waals surface area contributed by atoms with Gasteiger partial charge in [-0.3, -0.25) is 57.7 Å². The summed E-state index contributed by atoms with van der Waals surface area (Å²) in [6.07, 6.45) is 0.854. The van der Waals surface area contributed by atoms with Crippen LogP contribution in [0.15, 0.2) is 4.99 Å². The van der Waals surface area contributed by atoms with Gasteiger partial charge in [-0.1, -0.05) is 34.1 Å². The standard InChI is InChI=1S/C45H78N12O16S2/c1-7-24(4)36(43(71)55-26(10-13-33(59)60)38(66)50-22-32(58)51-30(44(72)73)9-8-18-49-45(47)48)57-41(69)29(17-20-75-6)54-42(70)31(21-23(2)3)56-40(68)28(12-15-35(63)64)53-39(67)27(11-14-34(61)62)52-37(65)25(46)16-19-74-5/h23-31,36H,7-22,46H2,1-6H3,(H,50,66)(H,51,58)(H,52,65)(H,53,67)(H,54,70)(H,55,71)(H,56,68)(H,57,69)(H,59,60)(H,61,62)(H,63,64)(H,72,73)(H4,47,48,49). The molecule has 8 amide bonds. The topological polar surface area (TPSA) is 472 Å². The zero-order valence-electron chi connectivity index (χ0n) is 43.3. The highest BCUT2D eigenvalue weighted by molar-refractivity contribution is 7.98. The molecule has 0 saturated heterocycles. The van der Waals surface area contributed by atoms with Crippen molar-refractivity contribution in [2.24, 2.45) is 34.0 Å². The van der Waals surface area contributed by atoms with Gasteiger partial charge in [0, 0.05) is 25.8 Å². The van der Waals surface area contributed by atoms with Gasteiger partial charge < -0.3 is 80.2 Å². The molecule has 28 nitrogen and oxygen atoms in total. The SMILES string of the molecule is CCC(C)C(NC(=O)C(CCSC)NC(=O)C(CC(C)C)NC(=O)C(CCC(=O)O)NC(=O)C(CCC(=O)O)NC(=O)C(N)CCSC)C(=O)NC(CCC(=O)O)C(=O)NCC(=O)NC(CCCN=C(N)N)C(=O)O. The quantitative estimate of drug-likeness (QED) is 0.0167. The van der Waals surface area contributed by atoms with Crippen molar-refractivity contribution >= 4 is 101 Å². The molecule has 0 aliphatic carbocycles. The first-order valence-electron chi connectivity index (χ1n) is 24.2. The van der Waals surface area contributed by atoms with Gasteiger partial charge in [0.2, 0.25) is 47.3 Å². The minimum absolute atomic E-state index is 0.0116. The number of nitrogens with one attached hydrogen (secondary N) is 8. The Morgan fingerprint density at radius 2 is 0.947 bits per heavy atom. The van der Waals surface area contributed by atoms with Crippen LogP contribution in [0.5, 0.6) is 0 Å². The summed E-state index contributed by atoms with van der Waals surface area (Å²) in [6, 6.07) is -11.3. The first-order valence-corrected chi connectivity index (χ1v) is 27.0. The van der Waals surface area contributed by atoms with Crippen molar-refractivity contribution in [2.45, 2.75) is 153 Å². The largest absolute Gasteiger partial charge is 0.481 e. The Bertz CT molecular complexity index is 1980. The Balaban J connectivity index is 6.55. The number of rotatable bonds is 40. The van der Waals surface area contributed by atoms with E-state index in [1.54, 1.807) is 40.2 Å². The predicted octanol–water partition coefficient (Wildman–Crippen LogP) is -2.85. The van der Waals surface area contributed by atoms with Crippen LogP contribution >= 0.6 is 23.5 Å². The number of guanidine groups is 1. The first kappa shape index (κ1) is 68.6. The minimum Gasteiger partial charge on any atom is -0.481 e. The van der Waals surface area contributed by atoms with E-state index in [0.717, 1.165) is 0 Å². The number of carboxylic acid groups (broad SMARTS) is 4. The number of thioether (sulfide) groups is 2. The molecule has 9 unspecified atom stereocenters. The first-order chi connectivity index (χ1) is 35.2. The molecule has 0 heterocycles. The van der Waals surface area contributed by atoms with Gasteiger partial charge in [-0.25, -0.2) is 4.79 Å². The Kier molecular flexibility index (Phi) is 34.1. The van der Waals surface area contributed by atoms with E-state index < -0.39 is 170 Å². The lowest BCUT2D eigenvalue weighted by Gasteiger charge is -2.29. The van der Waals surface area contributed by atoms with Crippen LogP contribution in [0, 0.1) is 11.8 Å². The maximum absolute atomic E-state index is 14.1. The van der Waals surface area contributed by atoms with Crippen molar-refractivity contribution in [3.8, 4) is 0 Å². The Morgan fingerprint density at radius 1 is 0.520 bits per heavy atom. The number of carbonyl (C=O) groups excluding carboxylic acids is 8. The van der Waals surface area contributed by atoms with E-state index in [1.807, 2.05) is 0 Å². The normalized spacial score (nSPS) is 14.6. The summed E-state index contributed by atoms with van der Waals surface area (Å²) in [5, 5.41) is 57.2. The van der Waals surface area contributed by atoms with Crippen molar-refractivity contribution in [1.82, 2.24) is 42.5 Å². The third kappa shape index (κ3) is 29.9. The second-order valence-electron chi connectivity index (χ2n) is 17.9. The summed E-state index contributed by atoms with van der Waals surface area (Å²) in [7, 11) is 0. The number of hydrogen-bond acceptors (Lipinski definition) is 16. The van der Waals surface area contributed by atoms with E-state index in [9.17, 15) is 78.0 Å². The van der Waals surface area contributed by atoms with E-state index in [4.69, 9.17) is 17.2 Å². The average molecular weight is 1110 g/mol. The smallest absolute Gasteiger partial charge is 0.326 e. The molecule has 0 aromatic carbocycles. The molecular formula is C45H78N12O16S2. The molecule has 75 heavy (non-hydrogen) atoms. The van der Waals surface area contributed by atoms with Gasteiger partial charge in [-0.05, 0) is 87.2 Å². The highest BCUT2D eigenvalue weighted by Crippen LogP contribution is 2.14. The van der Waals surface area contributed by atoms with Crippen molar-refractivity contribution < 1.29 is 78.0 Å². The molecule has 18 N–H and O–H groups in total. The molecule has 0 saturated carbocycles. The van der Waals surface area contributed by atoms with E-state index >= 15 is 0 Å². The number of hydrogen-bond donors (Lipinski definition) is 15. The molecule has 0 aliphatic rings. The molecule has 0 spiro atoms. The van der Waals surface area contributed by atoms with Crippen molar-refractivity contribution in [3.63, 3.8) is 0 Å². The highest BCUT2D eigenvalue weighted by Gasteiger charge is 2.36. The molecule has 0 aliphatic heterocycles. The summed E-state index contributed by atoms with van der Waals surface area (Å²) >= 11 is 2.73. The number of carbonyl (C=O) groups is 12. The van der Waals surface area contributed by atoms with E-state index in [1.165, 1.54) is 23.5 Å². The van der Waals surface area contributed by atoms with E-state index in [-0.39, 0.29) is 56.9 Å². The van der Waals surface area contributed by atoms with Gasteiger partial charge in [0.15, 0.2) is 5.96 Å². The van der Waals surface area contributed by atoms with Crippen LogP contribution in [0.25, 0.3) is 0 Å². The molecule has 0 rings (SSSR count). The lowest BCUT2D eigenvalue weighted by molar-refractivity contribution is -0.142. The maximum atomic E-state index is 14.1. The monoisotopic (exact) mass is 1110 g/mol. The minimum atomic E-state index is -1.63. The summed E-state index contributed by atoms with van der Waals surface area (Å²) < 4.78 is 0. The fraction of sp³-hybridized carbons (Fsp3) is 0.711. The van der Waals surface area contributed by atoms with Gasteiger partial charge in [-0.15, -0.1) is 0 Å². The van der Waals surface area contributed by atoms with Crippen LogP contribution in [-0.2, 0) is 57.5 Å². The lowest BCUT2D eigenvalue weighted by atomic mass is 9.96. The number of aliphatic carboxylic acids is 4. The summed E-state index contributed by atoms with van der Waals surface area (Å²) in [6.45, 7) is 6.05.